The number of phenolic OH excluding ortho intramolecular Hbond substituents is 1. The van der Waals surface area contributed by atoms with Crippen molar-refractivity contribution < 1.29 is 62.6 Å². The third-order valence-electron chi connectivity index (χ3n) is 12.3. The lowest BCUT2D eigenvalue weighted by molar-refractivity contribution is -0.142. The van der Waals surface area contributed by atoms with E-state index >= 15 is 0 Å². The van der Waals surface area contributed by atoms with Gasteiger partial charge >= 0.3 is 0 Å². The number of guanidine groups is 1. The number of hydrogen-bond donors (Lipinski definition) is 15. The highest BCUT2D eigenvalue weighted by Gasteiger charge is 2.41. The second kappa shape index (κ2) is 32.0. The van der Waals surface area contributed by atoms with Crippen LogP contribution < -0.4 is 76.9 Å². The van der Waals surface area contributed by atoms with Crippen LogP contribution in [0.15, 0.2) is 59.6 Å². The van der Waals surface area contributed by atoms with Crippen LogP contribution in [-0.2, 0) is 70.4 Å². The van der Waals surface area contributed by atoms with Gasteiger partial charge in [0.25, 0.3) is 0 Å². The van der Waals surface area contributed by atoms with Gasteiger partial charge < -0.3 is 86.9 Å². The third-order valence-corrected chi connectivity index (χ3v) is 14.8. The number of carbonyl (C=O) groups is 12. The summed E-state index contributed by atoms with van der Waals surface area (Å²) >= 11 is 0. The number of primary amides is 3. The van der Waals surface area contributed by atoms with Crippen molar-refractivity contribution in [3.63, 3.8) is 0 Å². The average molecular weight is 1160 g/mol. The fourth-order valence-corrected chi connectivity index (χ4v) is 10.5. The average Bonchev–Trinajstić information content (AvgIpc) is 3.90. The Bertz CT molecular complexity index is 2590. The lowest BCUT2D eigenvalue weighted by atomic mass is 10.0. The summed E-state index contributed by atoms with van der Waals surface area (Å²) in [5.74, 6) is -12.0. The molecule has 436 valence electrons. The van der Waals surface area contributed by atoms with Crippen LogP contribution in [0.3, 0.4) is 0 Å². The number of phenols is 1. The van der Waals surface area contributed by atoms with E-state index in [1.54, 1.807) is 30.3 Å². The van der Waals surface area contributed by atoms with E-state index in [-0.39, 0.29) is 74.8 Å². The van der Waals surface area contributed by atoms with E-state index in [2.05, 4.69) is 47.5 Å². The molecule has 12 amide bonds. The molecular weight excluding hydrogens is 1080 g/mol. The summed E-state index contributed by atoms with van der Waals surface area (Å²) < 4.78 is 0. The van der Waals surface area contributed by atoms with Gasteiger partial charge in [0, 0.05) is 43.9 Å². The molecule has 2 aromatic rings. The van der Waals surface area contributed by atoms with Crippen molar-refractivity contribution in [3.05, 3.63) is 65.7 Å². The maximum Gasteiger partial charge on any atom is 0.246 e. The first-order valence-electron chi connectivity index (χ1n) is 25.3. The lowest BCUT2D eigenvalue weighted by Crippen LogP contribution is -2.61. The van der Waals surface area contributed by atoms with E-state index in [1.807, 2.05) is 0 Å². The van der Waals surface area contributed by atoms with E-state index in [9.17, 15) is 62.6 Å². The summed E-state index contributed by atoms with van der Waals surface area (Å²) in [7, 11) is 1.85. The quantitative estimate of drug-likeness (QED) is 0.0240. The number of amides is 12. The van der Waals surface area contributed by atoms with E-state index < -0.39 is 151 Å². The number of nitrogens with one attached hydrogen (secondary N) is 8. The Morgan fingerprint density at radius 1 is 0.713 bits per heavy atom. The van der Waals surface area contributed by atoms with Gasteiger partial charge in [-0.2, -0.15) is 0 Å². The molecule has 0 radical (unpaired) electrons. The Balaban J connectivity index is 1.79. The van der Waals surface area contributed by atoms with Gasteiger partial charge in [-0.25, -0.2) is 0 Å². The number of rotatable bonds is 21. The first-order valence-corrected chi connectivity index (χ1v) is 27.8. The first-order chi connectivity index (χ1) is 37.9. The number of aliphatic imine (C=N–C) groups is 1. The molecule has 2 heterocycles. The molecule has 0 saturated carbocycles. The Kier molecular flexibility index (Phi) is 25.8. The summed E-state index contributed by atoms with van der Waals surface area (Å²) in [4.78, 5) is 168. The number of carbonyl (C=O) groups excluding carboxylic acids is 12. The number of likely N-dealkylation sites (tertiary alicyclic amines) is 1. The van der Waals surface area contributed by atoms with E-state index in [0.29, 0.717) is 11.1 Å². The fraction of sp³-hybridized carbons (Fsp3) is 0.490. The SMILES string of the molecule is C[C@H](N)C(=O)N[C@H]1CSSC[C@@H](C(=O)N2CCCC2C(=O)N[C@@H](CCCN=C(N)N)C(=O)NCC(N)=O)NC(=O)[C@H](CC(N)=O)NC(=O)[C@H](CCC(N)=O)NC(=O)[C@@H](Cc2ccccc2)NC(=O)[C@H](Cc2ccc(O)cc2)NC1=O. The maximum atomic E-state index is 14.8. The van der Waals surface area contributed by atoms with Crippen molar-refractivity contribution in [2.45, 2.75) is 119 Å². The van der Waals surface area contributed by atoms with Gasteiger partial charge in [-0.1, -0.05) is 64.1 Å². The van der Waals surface area contributed by atoms with Gasteiger partial charge in [0.15, 0.2) is 5.96 Å². The molecule has 29 nitrogen and oxygen atoms in total. The Labute approximate surface area is 467 Å². The normalized spacial score (nSPS) is 22.2. The molecule has 2 fully saturated rings. The van der Waals surface area contributed by atoms with Crippen LogP contribution in [-0.4, -0.2) is 172 Å². The minimum Gasteiger partial charge on any atom is -0.508 e. The zero-order valence-electron chi connectivity index (χ0n) is 43.8. The maximum absolute atomic E-state index is 14.8. The molecule has 0 bridgehead atoms. The Morgan fingerprint density at radius 3 is 1.89 bits per heavy atom. The molecule has 0 aliphatic carbocycles. The molecule has 2 aliphatic rings. The number of aromatic hydroxyl groups is 1. The van der Waals surface area contributed by atoms with Crippen molar-refractivity contribution in [1.29, 1.82) is 0 Å². The highest BCUT2D eigenvalue weighted by molar-refractivity contribution is 8.76. The smallest absolute Gasteiger partial charge is 0.246 e. The molecule has 2 aromatic carbocycles. The summed E-state index contributed by atoms with van der Waals surface area (Å²) in [6.07, 6.45) is -1.72. The molecule has 2 aliphatic heterocycles. The predicted octanol–water partition coefficient (Wildman–Crippen LogP) is -5.90. The van der Waals surface area contributed by atoms with Crippen LogP contribution in [0.2, 0.25) is 0 Å². The number of benzene rings is 2. The van der Waals surface area contributed by atoms with Crippen molar-refractivity contribution in [2.24, 2.45) is 39.4 Å². The van der Waals surface area contributed by atoms with Crippen molar-refractivity contribution in [2.75, 3.05) is 31.1 Å². The lowest BCUT2D eigenvalue weighted by Gasteiger charge is -2.31. The van der Waals surface area contributed by atoms with Crippen molar-refractivity contribution in [1.82, 2.24) is 47.4 Å². The Morgan fingerprint density at radius 2 is 1.29 bits per heavy atom. The van der Waals surface area contributed by atoms with Gasteiger partial charge in [0.2, 0.25) is 70.9 Å². The molecule has 4 rings (SSSR count). The highest BCUT2D eigenvalue weighted by Crippen LogP contribution is 2.26. The highest BCUT2D eigenvalue weighted by atomic mass is 33.1. The minimum absolute atomic E-state index is 0.0232. The van der Waals surface area contributed by atoms with Crippen LogP contribution in [0.25, 0.3) is 0 Å². The topological polar surface area (TPSA) is 493 Å². The van der Waals surface area contributed by atoms with E-state index in [1.165, 1.54) is 31.2 Å². The van der Waals surface area contributed by atoms with Gasteiger partial charge in [0.1, 0.15) is 54.1 Å². The molecule has 0 spiro atoms. The summed E-state index contributed by atoms with van der Waals surface area (Å²) in [6.45, 7) is 0.844. The second-order valence-corrected chi connectivity index (χ2v) is 21.4. The van der Waals surface area contributed by atoms with Crippen LogP contribution in [0.4, 0.5) is 0 Å². The van der Waals surface area contributed by atoms with E-state index in [4.69, 9.17) is 34.4 Å². The molecular formula is C49H70N16O13S2. The molecule has 80 heavy (non-hydrogen) atoms. The van der Waals surface area contributed by atoms with Gasteiger partial charge in [0.05, 0.1) is 19.0 Å². The molecule has 21 N–H and O–H groups in total. The van der Waals surface area contributed by atoms with Gasteiger partial charge in [-0.3, -0.25) is 62.5 Å². The third kappa shape index (κ3) is 21.6. The second-order valence-electron chi connectivity index (χ2n) is 18.8. The number of nitrogens with zero attached hydrogens (tertiary/aromatic N) is 2. The van der Waals surface area contributed by atoms with Crippen molar-refractivity contribution in [3.8, 4) is 5.75 Å². The largest absolute Gasteiger partial charge is 0.508 e. The van der Waals surface area contributed by atoms with Crippen LogP contribution in [0.5, 0.6) is 5.75 Å². The summed E-state index contributed by atoms with van der Waals surface area (Å²) in [6, 6.07) is 0.888. The molecule has 31 heteroatoms. The first kappa shape index (κ1) is 64.3. The monoisotopic (exact) mass is 1150 g/mol. The molecule has 9 atom stereocenters. The van der Waals surface area contributed by atoms with E-state index in [0.717, 1.165) is 26.5 Å². The Hall–Kier alpha value is -8.19. The van der Waals surface area contributed by atoms with Crippen LogP contribution >= 0.6 is 21.6 Å². The molecule has 0 aromatic heterocycles. The van der Waals surface area contributed by atoms with Crippen molar-refractivity contribution >= 4 is 98.4 Å². The summed E-state index contributed by atoms with van der Waals surface area (Å²) in [5.41, 5.74) is 33.9. The van der Waals surface area contributed by atoms with Gasteiger partial charge in [-0.15, -0.1) is 0 Å². The summed E-state index contributed by atoms with van der Waals surface area (Å²) in [5, 5.41) is 30.3. The minimum atomic E-state index is -1.84. The fourth-order valence-electron chi connectivity index (χ4n) is 8.20. The standard InChI is InChI=1S/C49H70N16O13S2/c1-25(50)40(70)63-34-23-79-80-24-35(48(78)65-18-6-10-36(65)47(77)59-29(9-5-17-56-49(54)55)41(71)57-22-39(53)69)64-45(75)33(21-38(52)68)62-42(72)30(15-16-37(51)67)58-43(73)31(19-26-7-3-2-4-8-26)60-44(74)32(61-46(34)76)20-27-11-13-28(66)14-12-27/h2-4,7-8,11-14,25,29-36,66H,5-6,9-10,15-24,50H2,1H3,(H2,51,67)(H2,52,68)(H2,53,69)(H,57,71)(H,58,73)(H,59,77)(H,60,74)(H,61,76)(H,62,72)(H,63,70)(H,64,75)(H4,54,55,56)/t25-,29-,30-,31+,32-,33-,34-,35-,36?/m0/s1. The van der Waals surface area contributed by atoms with Crippen LogP contribution in [0.1, 0.15) is 63.0 Å². The zero-order valence-corrected chi connectivity index (χ0v) is 45.4. The number of nitrogens with two attached hydrogens (primary N) is 6. The van der Waals surface area contributed by atoms with Gasteiger partial charge in [-0.05, 0) is 62.3 Å². The predicted molar refractivity (Wildman–Crippen MR) is 293 cm³/mol. The number of hydrogen-bond acceptors (Lipinski definition) is 17. The molecule has 2 saturated heterocycles. The molecule has 1 unspecified atom stereocenters. The zero-order chi connectivity index (χ0) is 59.1. The van der Waals surface area contributed by atoms with Crippen LogP contribution in [0, 0.1) is 0 Å².